The van der Waals surface area contributed by atoms with E-state index in [9.17, 15) is 13.5 Å². The van der Waals surface area contributed by atoms with Crippen LogP contribution in [0.1, 0.15) is 46.3 Å². The molecular formula is C18H25NO4S. The van der Waals surface area contributed by atoms with Crippen molar-refractivity contribution in [1.82, 2.24) is 4.72 Å². The molecule has 0 bridgehead atoms. The highest BCUT2D eigenvalue weighted by Crippen LogP contribution is 2.24. The van der Waals surface area contributed by atoms with E-state index in [2.05, 4.69) is 4.72 Å². The average molecular weight is 351 g/mol. The van der Waals surface area contributed by atoms with Gasteiger partial charge in [0.2, 0.25) is 10.0 Å². The van der Waals surface area contributed by atoms with Crippen molar-refractivity contribution in [3.63, 3.8) is 0 Å². The molecule has 0 amide bonds. The number of benzene rings is 1. The van der Waals surface area contributed by atoms with Gasteiger partial charge in [-0.3, -0.25) is 0 Å². The van der Waals surface area contributed by atoms with Gasteiger partial charge < -0.3 is 9.52 Å². The molecule has 0 saturated heterocycles. The third-order valence-corrected chi connectivity index (χ3v) is 5.83. The molecular weight excluding hydrogens is 326 g/mol. The van der Waals surface area contributed by atoms with Crippen molar-refractivity contribution in [2.24, 2.45) is 0 Å². The minimum absolute atomic E-state index is 0.152. The highest BCUT2D eigenvalue weighted by Gasteiger charge is 2.19. The van der Waals surface area contributed by atoms with E-state index in [1.807, 2.05) is 26.8 Å². The maximum atomic E-state index is 12.5. The van der Waals surface area contributed by atoms with Gasteiger partial charge in [0.05, 0.1) is 11.0 Å². The van der Waals surface area contributed by atoms with Crippen molar-refractivity contribution in [3.8, 4) is 0 Å². The number of hydrogen-bond donors (Lipinski definition) is 2. The maximum absolute atomic E-state index is 12.5. The number of aliphatic hydroxyl groups excluding tert-OH is 1. The second-order valence-corrected chi connectivity index (χ2v) is 8.01. The zero-order valence-corrected chi connectivity index (χ0v) is 15.6. The third kappa shape index (κ3) is 4.06. The molecule has 1 atom stereocenters. The summed E-state index contributed by atoms with van der Waals surface area (Å²) in [6, 6.07) is 5.34. The van der Waals surface area contributed by atoms with Crippen LogP contribution < -0.4 is 4.72 Å². The standard InChI is InChI=1S/C18H25NO4S/c1-11-8-13(3)18(9-12(11)2)24(21,22)19-7-6-17(20)16-10-14(4)23-15(16)5/h8-10,17,19-20H,6-7H2,1-5H3. The summed E-state index contributed by atoms with van der Waals surface area (Å²) in [5.74, 6) is 1.39. The highest BCUT2D eigenvalue weighted by atomic mass is 32.2. The van der Waals surface area contributed by atoms with E-state index in [1.54, 1.807) is 26.0 Å². The van der Waals surface area contributed by atoms with Gasteiger partial charge in [-0.25, -0.2) is 13.1 Å². The van der Waals surface area contributed by atoms with Gasteiger partial charge in [0.15, 0.2) is 0 Å². The minimum atomic E-state index is -3.60. The van der Waals surface area contributed by atoms with E-state index in [0.29, 0.717) is 16.9 Å². The molecule has 0 aliphatic heterocycles. The summed E-state index contributed by atoms with van der Waals surface area (Å²) < 4.78 is 33.0. The summed E-state index contributed by atoms with van der Waals surface area (Å²) in [6.07, 6.45) is -0.478. The number of furan rings is 1. The van der Waals surface area contributed by atoms with Crippen molar-refractivity contribution in [2.75, 3.05) is 6.54 Å². The predicted octanol–water partition coefficient (Wildman–Crippen LogP) is 3.22. The first-order valence-electron chi connectivity index (χ1n) is 7.94. The Labute approximate surface area is 143 Å². The molecule has 2 rings (SSSR count). The van der Waals surface area contributed by atoms with Gasteiger partial charge >= 0.3 is 0 Å². The topological polar surface area (TPSA) is 79.5 Å². The van der Waals surface area contributed by atoms with E-state index in [-0.39, 0.29) is 17.9 Å². The maximum Gasteiger partial charge on any atom is 0.240 e. The van der Waals surface area contributed by atoms with Gasteiger partial charge in [0.25, 0.3) is 0 Å². The molecule has 0 aliphatic carbocycles. The first kappa shape index (κ1) is 18.7. The van der Waals surface area contributed by atoms with Crippen LogP contribution in [0.2, 0.25) is 0 Å². The van der Waals surface area contributed by atoms with Crippen molar-refractivity contribution in [1.29, 1.82) is 0 Å². The normalized spacial score (nSPS) is 13.2. The number of aliphatic hydroxyl groups is 1. The molecule has 1 heterocycles. The van der Waals surface area contributed by atoms with Crippen LogP contribution in [0.25, 0.3) is 0 Å². The first-order chi connectivity index (χ1) is 11.1. The fourth-order valence-electron chi connectivity index (χ4n) is 2.77. The lowest BCUT2D eigenvalue weighted by atomic mass is 10.1. The minimum Gasteiger partial charge on any atom is -0.466 e. The van der Waals surface area contributed by atoms with Crippen molar-refractivity contribution < 1.29 is 17.9 Å². The van der Waals surface area contributed by atoms with E-state index in [0.717, 1.165) is 16.9 Å². The van der Waals surface area contributed by atoms with Crippen molar-refractivity contribution >= 4 is 10.0 Å². The molecule has 0 radical (unpaired) electrons. The summed E-state index contributed by atoms with van der Waals surface area (Å²) in [4.78, 5) is 0.287. The molecule has 0 fully saturated rings. The Kier molecular flexibility index (Phi) is 5.52. The van der Waals surface area contributed by atoms with E-state index in [4.69, 9.17) is 4.42 Å². The van der Waals surface area contributed by atoms with Crippen LogP contribution in [-0.2, 0) is 10.0 Å². The van der Waals surface area contributed by atoms with Crippen LogP contribution in [0.4, 0.5) is 0 Å². The van der Waals surface area contributed by atoms with Gasteiger partial charge in [-0.05, 0) is 69.9 Å². The Balaban J connectivity index is 2.06. The van der Waals surface area contributed by atoms with Gasteiger partial charge in [-0.2, -0.15) is 0 Å². The Morgan fingerprint density at radius 1 is 1.04 bits per heavy atom. The Morgan fingerprint density at radius 3 is 2.25 bits per heavy atom. The first-order valence-corrected chi connectivity index (χ1v) is 9.42. The van der Waals surface area contributed by atoms with Crippen LogP contribution in [0, 0.1) is 34.6 Å². The average Bonchev–Trinajstić information content (AvgIpc) is 2.81. The number of rotatable bonds is 6. The summed E-state index contributed by atoms with van der Waals surface area (Å²) in [5, 5.41) is 10.2. The molecule has 132 valence electrons. The number of aryl methyl sites for hydroxylation is 5. The Morgan fingerprint density at radius 2 is 1.67 bits per heavy atom. The van der Waals surface area contributed by atoms with Crippen LogP contribution in [-0.4, -0.2) is 20.1 Å². The number of sulfonamides is 1. The lowest BCUT2D eigenvalue weighted by molar-refractivity contribution is 0.167. The fraction of sp³-hybridized carbons (Fsp3) is 0.444. The summed E-state index contributed by atoms with van der Waals surface area (Å²) in [5.41, 5.74) is 3.42. The van der Waals surface area contributed by atoms with E-state index < -0.39 is 16.1 Å². The third-order valence-electron chi connectivity index (χ3n) is 4.23. The molecule has 1 unspecified atom stereocenters. The molecule has 5 nitrogen and oxygen atoms in total. The van der Waals surface area contributed by atoms with Crippen molar-refractivity contribution in [2.45, 2.75) is 52.0 Å². The monoisotopic (exact) mass is 351 g/mol. The lowest BCUT2D eigenvalue weighted by Gasteiger charge is -2.13. The van der Waals surface area contributed by atoms with Crippen molar-refractivity contribution in [3.05, 3.63) is 52.0 Å². The quantitative estimate of drug-likeness (QED) is 0.837. The fourth-order valence-corrected chi connectivity index (χ4v) is 4.12. The molecule has 0 saturated carbocycles. The largest absolute Gasteiger partial charge is 0.466 e. The van der Waals surface area contributed by atoms with Crippen LogP contribution >= 0.6 is 0 Å². The SMILES string of the molecule is Cc1cc(C(O)CCNS(=O)(=O)c2cc(C)c(C)cc2C)c(C)o1. The molecule has 24 heavy (non-hydrogen) atoms. The van der Waals surface area contributed by atoms with Gasteiger partial charge in [-0.15, -0.1) is 0 Å². The smallest absolute Gasteiger partial charge is 0.240 e. The summed E-state index contributed by atoms with van der Waals surface area (Å²) in [7, 11) is -3.60. The van der Waals surface area contributed by atoms with Gasteiger partial charge in [0, 0.05) is 12.1 Å². The van der Waals surface area contributed by atoms with Crippen LogP contribution in [0.5, 0.6) is 0 Å². The van der Waals surface area contributed by atoms with Gasteiger partial charge in [-0.1, -0.05) is 6.07 Å². The molecule has 1 aromatic heterocycles. The molecule has 0 aliphatic rings. The summed E-state index contributed by atoms with van der Waals surface area (Å²) in [6.45, 7) is 9.38. The zero-order valence-electron chi connectivity index (χ0n) is 14.8. The van der Waals surface area contributed by atoms with Gasteiger partial charge in [0.1, 0.15) is 11.5 Å². The Hall–Kier alpha value is -1.63. The second-order valence-electron chi connectivity index (χ2n) is 6.27. The second kappa shape index (κ2) is 7.09. The number of nitrogens with one attached hydrogen (secondary N) is 1. The zero-order chi connectivity index (χ0) is 18.1. The lowest BCUT2D eigenvalue weighted by Crippen LogP contribution is -2.26. The van der Waals surface area contributed by atoms with Crippen LogP contribution in [0.3, 0.4) is 0 Å². The van der Waals surface area contributed by atoms with E-state index in [1.165, 1.54) is 0 Å². The van der Waals surface area contributed by atoms with E-state index >= 15 is 0 Å². The Bertz CT molecular complexity index is 837. The molecule has 2 aromatic rings. The molecule has 1 aromatic carbocycles. The highest BCUT2D eigenvalue weighted by molar-refractivity contribution is 7.89. The predicted molar refractivity (Wildman–Crippen MR) is 93.6 cm³/mol. The summed E-state index contributed by atoms with van der Waals surface area (Å²) >= 11 is 0. The number of hydrogen-bond acceptors (Lipinski definition) is 4. The molecule has 2 N–H and O–H groups in total. The molecule has 6 heteroatoms. The van der Waals surface area contributed by atoms with Crippen LogP contribution in [0.15, 0.2) is 27.5 Å². The molecule has 0 spiro atoms.